The van der Waals surface area contributed by atoms with E-state index in [-0.39, 0.29) is 17.0 Å². The van der Waals surface area contributed by atoms with Crippen LogP contribution in [0.25, 0.3) is 0 Å². The van der Waals surface area contributed by atoms with E-state index in [1.165, 1.54) is 25.3 Å². The molecule has 118 valence electrons. The highest BCUT2D eigenvalue weighted by molar-refractivity contribution is 6.31. The molecule has 6 heteroatoms. The predicted octanol–water partition coefficient (Wildman–Crippen LogP) is 3.41. The molecule has 0 spiro atoms. The van der Waals surface area contributed by atoms with Gasteiger partial charge in [-0.1, -0.05) is 35.9 Å². The minimum Gasteiger partial charge on any atom is -0.496 e. The van der Waals surface area contributed by atoms with E-state index in [2.05, 4.69) is 5.32 Å². The van der Waals surface area contributed by atoms with E-state index in [1.807, 2.05) is 6.07 Å². The molecule has 0 saturated carbocycles. The molecular weight excluding hydrogens is 319 g/mol. The van der Waals surface area contributed by atoms with Crippen molar-refractivity contribution in [3.05, 3.63) is 64.4 Å². The molecule has 1 amide bonds. The number of benzene rings is 2. The Balaban J connectivity index is 2.17. The van der Waals surface area contributed by atoms with E-state index in [9.17, 15) is 14.4 Å². The van der Waals surface area contributed by atoms with Crippen LogP contribution >= 0.6 is 11.6 Å². The van der Waals surface area contributed by atoms with Crippen molar-refractivity contribution in [1.82, 2.24) is 5.32 Å². The van der Waals surface area contributed by atoms with Gasteiger partial charge in [-0.3, -0.25) is 4.79 Å². The van der Waals surface area contributed by atoms with Gasteiger partial charge in [0.2, 0.25) is 5.91 Å². The highest BCUT2D eigenvalue weighted by atomic mass is 35.5. The van der Waals surface area contributed by atoms with Crippen LogP contribution in [0.1, 0.15) is 17.2 Å². The number of nitriles is 1. The summed E-state index contributed by atoms with van der Waals surface area (Å²) in [5.41, 5.74) is 0.633. The van der Waals surface area contributed by atoms with Gasteiger partial charge in [0.25, 0.3) is 0 Å². The summed E-state index contributed by atoms with van der Waals surface area (Å²) in [5, 5.41) is 11.8. The second-order valence-electron chi connectivity index (χ2n) is 4.75. The molecule has 1 unspecified atom stereocenters. The summed E-state index contributed by atoms with van der Waals surface area (Å²) in [6, 6.07) is 11.8. The third-order valence-corrected chi connectivity index (χ3v) is 3.60. The Morgan fingerprint density at radius 1 is 1.35 bits per heavy atom. The van der Waals surface area contributed by atoms with Crippen molar-refractivity contribution in [2.45, 2.75) is 12.5 Å². The summed E-state index contributed by atoms with van der Waals surface area (Å²) in [4.78, 5) is 12.2. The van der Waals surface area contributed by atoms with E-state index in [1.54, 1.807) is 24.3 Å². The van der Waals surface area contributed by atoms with Gasteiger partial charge in [0.1, 0.15) is 17.6 Å². The maximum Gasteiger partial charge on any atom is 0.225 e. The SMILES string of the molecule is COc1ccccc1CC(=O)NC(C#N)c1c(F)cccc1Cl. The van der Waals surface area contributed by atoms with Gasteiger partial charge >= 0.3 is 0 Å². The average molecular weight is 333 g/mol. The van der Waals surface area contributed by atoms with E-state index in [0.29, 0.717) is 11.3 Å². The van der Waals surface area contributed by atoms with Gasteiger partial charge in [-0.2, -0.15) is 5.26 Å². The van der Waals surface area contributed by atoms with Crippen molar-refractivity contribution in [2.24, 2.45) is 0 Å². The van der Waals surface area contributed by atoms with Crippen molar-refractivity contribution >= 4 is 17.5 Å². The first-order chi connectivity index (χ1) is 11.1. The van der Waals surface area contributed by atoms with Crippen LogP contribution in [0.15, 0.2) is 42.5 Å². The Morgan fingerprint density at radius 3 is 2.74 bits per heavy atom. The largest absolute Gasteiger partial charge is 0.496 e. The van der Waals surface area contributed by atoms with E-state index >= 15 is 0 Å². The van der Waals surface area contributed by atoms with E-state index in [4.69, 9.17) is 16.3 Å². The van der Waals surface area contributed by atoms with E-state index in [0.717, 1.165) is 0 Å². The van der Waals surface area contributed by atoms with Crippen molar-refractivity contribution in [2.75, 3.05) is 7.11 Å². The molecule has 2 rings (SSSR count). The summed E-state index contributed by atoms with van der Waals surface area (Å²) in [7, 11) is 1.51. The highest BCUT2D eigenvalue weighted by Gasteiger charge is 2.21. The quantitative estimate of drug-likeness (QED) is 0.912. The molecule has 0 aliphatic rings. The van der Waals surface area contributed by atoms with Gasteiger partial charge in [0.05, 0.1) is 19.6 Å². The fourth-order valence-corrected chi connectivity index (χ4v) is 2.46. The number of carbonyl (C=O) groups excluding carboxylic acids is 1. The zero-order valence-corrected chi connectivity index (χ0v) is 13.1. The van der Waals surface area contributed by atoms with Crippen molar-refractivity contribution in [1.29, 1.82) is 5.26 Å². The minimum atomic E-state index is -1.16. The summed E-state index contributed by atoms with van der Waals surface area (Å²) in [6.45, 7) is 0. The number of para-hydroxylation sites is 1. The molecule has 1 N–H and O–H groups in total. The van der Waals surface area contributed by atoms with Crippen LogP contribution in [0.5, 0.6) is 5.75 Å². The van der Waals surface area contributed by atoms with E-state index < -0.39 is 17.8 Å². The molecule has 0 aliphatic carbocycles. The molecule has 23 heavy (non-hydrogen) atoms. The number of hydrogen-bond acceptors (Lipinski definition) is 3. The zero-order chi connectivity index (χ0) is 16.8. The maximum atomic E-state index is 13.9. The van der Waals surface area contributed by atoms with Crippen LogP contribution in [0.4, 0.5) is 4.39 Å². The Labute approximate surface area is 138 Å². The Morgan fingerprint density at radius 2 is 2.09 bits per heavy atom. The molecule has 0 aromatic heterocycles. The zero-order valence-electron chi connectivity index (χ0n) is 12.3. The molecule has 0 radical (unpaired) electrons. The molecule has 4 nitrogen and oxygen atoms in total. The number of nitrogens with zero attached hydrogens (tertiary/aromatic N) is 1. The third-order valence-electron chi connectivity index (χ3n) is 3.27. The maximum absolute atomic E-state index is 13.9. The van der Waals surface area contributed by atoms with Crippen LogP contribution in [-0.4, -0.2) is 13.0 Å². The van der Waals surface area contributed by atoms with Crippen LogP contribution in [0, 0.1) is 17.1 Å². The lowest BCUT2D eigenvalue weighted by Crippen LogP contribution is -2.29. The number of hydrogen-bond donors (Lipinski definition) is 1. The lowest BCUT2D eigenvalue weighted by Gasteiger charge is -2.15. The smallest absolute Gasteiger partial charge is 0.225 e. The Kier molecular flexibility index (Phi) is 5.56. The average Bonchev–Trinajstić information content (AvgIpc) is 2.54. The first kappa shape index (κ1) is 16.8. The van der Waals surface area contributed by atoms with Gasteiger partial charge in [0.15, 0.2) is 0 Å². The number of ether oxygens (including phenoxy) is 1. The van der Waals surface area contributed by atoms with Crippen LogP contribution < -0.4 is 10.1 Å². The number of carbonyl (C=O) groups is 1. The van der Waals surface area contributed by atoms with Gasteiger partial charge in [-0.15, -0.1) is 0 Å². The monoisotopic (exact) mass is 332 g/mol. The third kappa shape index (κ3) is 3.99. The molecule has 0 heterocycles. The first-order valence-electron chi connectivity index (χ1n) is 6.81. The number of amides is 1. The first-order valence-corrected chi connectivity index (χ1v) is 7.19. The molecule has 2 aromatic carbocycles. The molecule has 0 fully saturated rings. The topological polar surface area (TPSA) is 62.1 Å². The lowest BCUT2D eigenvalue weighted by atomic mass is 10.1. The van der Waals surface area contributed by atoms with Gasteiger partial charge in [-0.05, 0) is 18.2 Å². The van der Waals surface area contributed by atoms with Crippen LogP contribution in [-0.2, 0) is 11.2 Å². The second kappa shape index (κ2) is 7.61. The number of nitrogens with one attached hydrogen (secondary N) is 1. The minimum absolute atomic E-state index is 0.00820. The highest BCUT2D eigenvalue weighted by Crippen LogP contribution is 2.26. The Bertz CT molecular complexity index is 738. The normalized spacial score (nSPS) is 11.4. The van der Waals surface area contributed by atoms with Crippen LogP contribution in [0.2, 0.25) is 5.02 Å². The van der Waals surface area contributed by atoms with Crippen molar-refractivity contribution in [3.8, 4) is 11.8 Å². The van der Waals surface area contributed by atoms with Gasteiger partial charge < -0.3 is 10.1 Å². The molecule has 2 aromatic rings. The summed E-state index contributed by atoms with van der Waals surface area (Å²) in [5.74, 6) is -0.498. The molecular formula is C17H14ClFN2O2. The number of methoxy groups -OCH3 is 1. The fourth-order valence-electron chi connectivity index (χ4n) is 2.19. The van der Waals surface area contributed by atoms with Gasteiger partial charge in [-0.25, -0.2) is 4.39 Å². The summed E-state index contributed by atoms with van der Waals surface area (Å²) in [6.07, 6.45) is 0.00820. The number of rotatable bonds is 5. The standard InChI is InChI=1S/C17H14ClFN2O2/c1-23-15-8-3-2-5-11(15)9-16(22)21-14(10-20)17-12(18)6-4-7-13(17)19/h2-8,14H,9H2,1H3,(H,21,22). The van der Waals surface area contributed by atoms with Crippen molar-refractivity contribution < 1.29 is 13.9 Å². The fraction of sp³-hybridized carbons (Fsp3) is 0.176. The Hall–Kier alpha value is -2.58. The molecule has 1 atom stereocenters. The summed E-state index contributed by atoms with van der Waals surface area (Å²) < 4.78 is 19.1. The lowest BCUT2D eigenvalue weighted by molar-refractivity contribution is -0.120. The molecule has 0 bridgehead atoms. The molecule has 0 aliphatic heterocycles. The van der Waals surface area contributed by atoms with Crippen LogP contribution in [0.3, 0.4) is 0 Å². The second-order valence-corrected chi connectivity index (χ2v) is 5.16. The number of halogens is 2. The molecule has 0 saturated heterocycles. The van der Waals surface area contributed by atoms with Crippen molar-refractivity contribution in [3.63, 3.8) is 0 Å². The summed E-state index contributed by atoms with van der Waals surface area (Å²) >= 11 is 5.93. The van der Waals surface area contributed by atoms with Gasteiger partial charge in [0, 0.05) is 16.1 Å². The predicted molar refractivity (Wildman–Crippen MR) is 84.6 cm³/mol.